The third-order valence-corrected chi connectivity index (χ3v) is 4.92. The number of nitrogens with zero attached hydrogens (tertiary/aromatic N) is 2. The molecule has 0 amide bonds. The number of rotatable bonds is 6. The van der Waals surface area contributed by atoms with E-state index in [1.807, 2.05) is 19.2 Å². The molecule has 3 nitrogen and oxygen atoms in total. The highest BCUT2D eigenvalue weighted by atomic mass is 79.9. The van der Waals surface area contributed by atoms with Crippen molar-refractivity contribution < 1.29 is 0 Å². The Kier molecular flexibility index (Phi) is 5.85. The number of hydrogen-bond donors (Lipinski definition) is 1. The van der Waals surface area contributed by atoms with Crippen molar-refractivity contribution in [1.82, 2.24) is 15.1 Å². The fraction of sp³-hybridized carbons (Fsp3) is 0.438. The van der Waals surface area contributed by atoms with Crippen LogP contribution in [0.3, 0.4) is 0 Å². The normalized spacial score (nSPS) is 12.6. The van der Waals surface area contributed by atoms with E-state index < -0.39 is 0 Å². The average molecular weight is 371 g/mol. The number of benzene rings is 1. The Morgan fingerprint density at radius 3 is 2.67 bits per heavy atom. The number of aryl methyl sites for hydroxylation is 2. The maximum Gasteiger partial charge on any atom is 0.0624 e. The van der Waals surface area contributed by atoms with E-state index in [-0.39, 0.29) is 6.04 Å². The molecule has 1 atom stereocenters. The van der Waals surface area contributed by atoms with Gasteiger partial charge in [-0.2, -0.15) is 5.10 Å². The van der Waals surface area contributed by atoms with Crippen LogP contribution in [0.4, 0.5) is 0 Å². The second-order valence-electron chi connectivity index (χ2n) is 5.02. The molecule has 1 N–H and O–H groups in total. The second-order valence-corrected chi connectivity index (χ2v) is 6.28. The zero-order valence-electron chi connectivity index (χ0n) is 12.7. The molecule has 5 heteroatoms. The lowest BCUT2D eigenvalue weighted by molar-refractivity contribution is 0.540. The molecule has 2 rings (SSSR count). The van der Waals surface area contributed by atoms with E-state index in [0.29, 0.717) is 0 Å². The number of aromatic nitrogens is 2. The first kappa shape index (κ1) is 16.5. The standard InChI is InChI=1S/C16H21BrClN3/c1-4-12-9-13(21(5-2)20-12)10-16(19-3)11-6-7-14(17)15(18)8-11/h6-9,16,19H,4-5,10H2,1-3H3. The monoisotopic (exact) mass is 369 g/mol. The molecule has 0 fully saturated rings. The Morgan fingerprint density at radius 2 is 2.10 bits per heavy atom. The van der Waals surface area contributed by atoms with E-state index in [1.54, 1.807) is 0 Å². The summed E-state index contributed by atoms with van der Waals surface area (Å²) in [6, 6.07) is 8.54. The first-order valence-corrected chi connectivity index (χ1v) is 8.43. The van der Waals surface area contributed by atoms with E-state index in [1.165, 1.54) is 11.3 Å². The molecule has 1 heterocycles. The SMILES string of the molecule is CCc1cc(CC(NC)c2ccc(Br)c(Cl)c2)n(CC)n1. The average Bonchev–Trinajstić information content (AvgIpc) is 2.90. The Morgan fingerprint density at radius 1 is 1.33 bits per heavy atom. The zero-order valence-corrected chi connectivity index (χ0v) is 15.0. The summed E-state index contributed by atoms with van der Waals surface area (Å²) in [5.74, 6) is 0. The summed E-state index contributed by atoms with van der Waals surface area (Å²) in [5, 5.41) is 8.73. The summed E-state index contributed by atoms with van der Waals surface area (Å²) in [6.07, 6.45) is 1.86. The predicted octanol–water partition coefficient (Wildman–Crippen LogP) is 4.38. The summed E-state index contributed by atoms with van der Waals surface area (Å²) in [5.41, 5.74) is 3.59. The lowest BCUT2D eigenvalue weighted by Crippen LogP contribution is -2.20. The van der Waals surface area contributed by atoms with Crippen molar-refractivity contribution in [2.45, 2.75) is 39.3 Å². The van der Waals surface area contributed by atoms with Gasteiger partial charge in [0.15, 0.2) is 0 Å². The van der Waals surface area contributed by atoms with Gasteiger partial charge < -0.3 is 5.32 Å². The van der Waals surface area contributed by atoms with Gasteiger partial charge in [-0.05, 0) is 60.1 Å². The summed E-state index contributed by atoms with van der Waals surface area (Å²) < 4.78 is 3.01. The van der Waals surface area contributed by atoms with Crippen molar-refractivity contribution in [3.63, 3.8) is 0 Å². The van der Waals surface area contributed by atoms with E-state index in [0.717, 1.165) is 34.6 Å². The van der Waals surface area contributed by atoms with Gasteiger partial charge in [0.25, 0.3) is 0 Å². The van der Waals surface area contributed by atoms with Crippen LogP contribution in [0.2, 0.25) is 5.02 Å². The molecule has 1 aromatic heterocycles. The number of hydrogen-bond acceptors (Lipinski definition) is 2. The molecule has 0 bridgehead atoms. The Hall–Kier alpha value is -0.840. The van der Waals surface area contributed by atoms with Crippen LogP contribution in [0.25, 0.3) is 0 Å². The minimum Gasteiger partial charge on any atom is -0.313 e. The maximum atomic E-state index is 6.21. The van der Waals surface area contributed by atoms with Crippen molar-refractivity contribution in [3.8, 4) is 0 Å². The minimum absolute atomic E-state index is 0.224. The van der Waals surface area contributed by atoms with E-state index in [4.69, 9.17) is 11.6 Å². The number of halogens is 2. The maximum absolute atomic E-state index is 6.21. The first-order chi connectivity index (χ1) is 10.1. The second kappa shape index (κ2) is 7.43. The van der Waals surface area contributed by atoms with Crippen molar-refractivity contribution in [1.29, 1.82) is 0 Å². The molecule has 0 saturated carbocycles. The molecule has 0 radical (unpaired) electrons. The van der Waals surface area contributed by atoms with Crippen LogP contribution in [0.15, 0.2) is 28.7 Å². The van der Waals surface area contributed by atoms with Gasteiger partial charge in [-0.3, -0.25) is 4.68 Å². The van der Waals surface area contributed by atoms with Crippen molar-refractivity contribution in [2.75, 3.05) is 7.05 Å². The van der Waals surface area contributed by atoms with Gasteiger partial charge in [0.05, 0.1) is 10.7 Å². The molecule has 0 aliphatic heterocycles. The molecule has 0 saturated heterocycles. The zero-order chi connectivity index (χ0) is 15.4. The van der Waals surface area contributed by atoms with Crippen molar-refractivity contribution >= 4 is 27.5 Å². The van der Waals surface area contributed by atoms with E-state index in [9.17, 15) is 0 Å². The lowest BCUT2D eigenvalue weighted by Gasteiger charge is -2.18. The van der Waals surface area contributed by atoms with Gasteiger partial charge in [-0.1, -0.05) is 24.6 Å². The molecule has 1 aromatic carbocycles. The first-order valence-electron chi connectivity index (χ1n) is 7.26. The molecule has 0 spiro atoms. The van der Waals surface area contributed by atoms with Crippen LogP contribution in [0.5, 0.6) is 0 Å². The molecule has 21 heavy (non-hydrogen) atoms. The van der Waals surface area contributed by atoms with E-state index >= 15 is 0 Å². The van der Waals surface area contributed by atoms with Gasteiger partial charge >= 0.3 is 0 Å². The van der Waals surface area contributed by atoms with Crippen LogP contribution < -0.4 is 5.32 Å². The van der Waals surface area contributed by atoms with Crippen molar-refractivity contribution in [3.05, 3.63) is 50.7 Å². The molecule has 2 aromatic rings. The molecule has 0 aliphatic rings. The molecular formula is C16H21BrClN3. The van der Waals surface area contributed by atoms with Gasteiger partial charge in [0.2, 0.25) is 0 Å². The predicted molar refractivity (Wildman–Crippen MR) is 91.9 cm³/mol. The van der Waals surface area contributed by atoms with Gasteiger partial charge in [-0.15, -0.1) is 0 Å². The largest absolute Gasteiger partial charge is 0.313 e. The summed E-state index contributed by atoms with van der Waals surface area (Å²) in [4.78, 5) is 0. The highest BCUT2D eigenvalue weighted by molar-refractivity contribution is 9.10. The van der Waals surface area contributed by atoms with Crippen LogP contribution in [0.1, 0.15) is 36.8 Å². The molecule has 0 aliphatic carbocycles. The van der Waals surface area contributed by atoms with Crippen LogP contribution >= 0.6 is 27.5 Å². The Bertz CT molecular complexity index is 610. The highest BCUT2D eigenvalue weighted by Crippen LogP contribution is 2.27. The summed E-state index contributed by atoms with van der Waals surface area (Å²) in [6.45, 7) is 5.16. The van der Waals surface area contributed by atoms with Crippen LogP contribution in [0, 0.1) is 0 Å². The number of nitrogens with one attached hydrogen (secondary N) is 1. The number of likely N-dealkylation sites (N-methyl/N-ethyl adjacent to an activating group) is 1. The fourth-order valence-corrected chi connectivity index (χ4v) is 2.89. The fourth-order valence-electron chi connectivity index (χ4n) is 2.45. The van der Waals surface area contributed by atoms with Gasteiger partial charge in [0.1, 0.15) is 0 Å². The molecule has 114 valence electrons. The van der Waals surface area contributed by atoms with Gasteiger partial charge in [-0.25, -0.2) is 0 Å². The Balaban J connectivity index is 2.26. The Labute approximate surface area is 139 Å². The third-order valence-electron chi connectivity index (χ3n) is 3.68. The molecule has 1 unspecified atom stereocenters. The quantitative estimate of drug-likeness (QED) is 0.817. The summed E-state index contributed by atoms with van der Waals surface area (Å²) in [7, 11) is 1.98. The van der Waals surface area contributed by atoms with Crippen LogP contribution in [-0.2, 0) is 19.4 Å². The van der Waals surface area contributed by atoms with Gasteiger partial charge in [0, 0.05) is 29.2 Å². The minimum atomic E-state index is 0.224. The summed E-state index contributed by atoms with van der Waals surface area (Å²) >= 11 is 9.65. The molecular weight excluding hydrogens is 350 g/mol. The smallest absolute Gasteiger partial charge is 0.0624 e. The highest BCUT2D eigenvalue weighted by Gasteiger charge is 2.15. The van der Waals surface area contributed by atoms with E-state index in [2.05, 4.69) is 57.0 Å². The topological polar surface area (TPSA) is 29.9 Å². The third kappa shape index (κ3) is 3.87. The lowest BCUT2D eigenvalue weighted by atomic mass is 10.0. The van der Waals surface area contributed by atoms with Crippen molar-refractivity contribution in [2.24, 2.45) is 0 Å². The van der Waals surface area contributed by atoms with Crippen LogP contribution in [-0.4, -0.2) is 16.8 Å².